The van der Waals surface area contributed by atoms with E-state index in [1.54, 1.807) is 0 Å². The van der Waals surface area contributed by atoms with Gasteiger partial charge in [0.05, 0.1) is 6.61 Å². The molecule has 0 bridgehead atoms. The minimum absolute atomic E-state index is 0.0936. The lowest BCUT2D eigenvalue weighted by molar-refractivity contribution is -0.161. The molecule has 0 aromatic heterocycles. The summed E-state index contributed by atoms with van der Waals surface area (Å²) < 4.78 is 10.6. The van der Waals surface area contributed by atoms with Crippen LogP contribution in [0.1, 0.15) is 194 Å². The summed E-state index contributed by atoms with van der Waals surface area (Å²) in [4.78, 5) is 24.4. The maximum Gasteiger partial charge on any atom is 0.306 e. The number of aliphatic hydroxyl groups excluding tert-OH is 1. The quantitative estimate of drug-likeness (QED) is 0.0376. The Morgan fingerprint density at radius 1 is 0.371 bits per heavy atom. The third-order valence-electron chi connectivity index (χ3n) is 9.94. The first-order chi connectivity index (χ1) is 30.6. The standard InChI is InChI=1S/C57H90O5/c1-3-5-7-9-11-13-15-17-19-21-23-24-25-26-27-28-29-30-31-32-34-36-38-40-42-44-46-48-50-52-57(60)62-55(53-58)54-61-56(59)51-49-47-45-43-41-39-37-35-33-22-20-18-16-14-12-10-8-6-4-2/h5-8,11-14,17-20,23-24,26-27,29-30,33,35,39,41,55,58H,3-4,9-10,15-16,21-22,25,28,31-32,34,36-38,40,42-54H2,1-2H3/b7-5-,8-6-,13-11-,14-12-,19-17-,20-18-,24-23-,27-26-,30-29-,35-33-,41-39-. The number of ether oxygens (including phenoxy) is 2. The second kappa shape index (κ2) is 51.4. The SMILES string of the molecule is CC/C=C\C/C=C\C/C=C\C/C=C\C/C=C\C/C=C\CCCCCCCCCCCCC(=O)OC(CO)COC(=O)CCCCC/C=C\C/C=C\C/C=C\C/C=C\C/C=C\CC. The van der Waals surface area contributed by atoms with E-state index in [9.17, 15) is 14.7 Å². The second-order valence-corrected chi connectivity index (χ2v) is 15.8. The molecule has 0 spiro atoms. The van der Waals surface area contributed by atoms with Gasteiger partial charge in [-0.15, -0.1) is 0 Å². The molecule has 5 heteroatoms. The summed E-state index contributed by atoms with van der Waals surface area (Å²) in [5, 5.41) is 9.62. The molecular formula is C57H90O5. The fourth-order valence-corrected chi connectivity index (χ4v) is 6.29. The summed E-state index contributed by atoms with van der Waals surface area (Å²) in [7, 11) is 0. The molecule has 5 nitrogen and oxygen atoms in total. The number of allylic oxidation sites excluding steroid dienone is 22. The lowest BCUT2D eigenvalue weighted by atomic mass is 10.0. The van der Waals surface area contributed by atoms with Gasteiger partial charge in [-0.2, -0.15) is 0 Å². The topological polar surface area (TPSA) is 72.8 Å². The highest BCUT2D eigenvalue weighted by molar-refractivity contribution is 5.70. The van der Waals surface area contributed by atoms with Gasteiger partial charge in [0.1, 0.15) is 6.61 Å². The second-order valence-electron chi connectivity index (χ2n) is 15.8. The zero-order valence-corrected chi connectivity index (χ0v) is 39.6. The minimum Gasteiger partial charge on any atom is -0.462 e. The highest BCUT2D eigenvalue weighted by Crippen LogP contribution is 2.13. The molecule has 62 heavy (non-hydrogen) atoms. The first-order valence-corrected chi connectivity index (χ1v) is 24.7. The largest absolute Gasteiger partial charge is 0.462 e. The Bertz CT molecular complexity index is 1330. The number of rotatable bonds is 43. The van der Waals surface area contributed by atoms with Crippen LogP contribution in [0.3, 0.4) is 0 Å². The Morgan fingerprint density at radius 2 is 0.645 bits per heavy atom. The molecule has 0 amide bonds. The minimum atomic E-state index is -0.799. The van der Waals surface area contributed by atoms with Crippen LogP contribution >= 0.6 is 0 Å². The van der Waals surface area contributed by atoms with Crippen LogP contribution in [0.5, 0.6) is 0 Å². The van der Waals surface area contributed by atoms with Crippen molar-refractivity contribution >= 4 is 11.9 Å². The molecule has 0 rings (SSSR count). The molecule has 0 saturated heterocycles. The van der Waals surface area contributed by atoms with Crippen LogP contribution < -0.4 is 0 Å². The van der Waals surface area contributed by atoms with Crippen molar-refractivity contribution in [3.63, 3.8) is 0 Å². The van der Waals surface area contributed by atoms with Gasteiger partial charge in [0.25, 0.3) is 0 Å². The van der Waals surface area contributed by atoms with Crippen LogP contribution in [0.4, 0.5) is 0 Å². The Hall–Kier alpha value is -3.96. The summed E-state index contributed by atoms with van der Waals surface area (Å²) >= 11 is 0. The van der Waals surface area contributed by atoms with E-state index in [-0.39, 0.29) is 25.2 Å². The number of unbranched alkanes of at least 4 members (excludes halogenated alkanes) is 13. The van der Waals surface area contributed by atoms with Gasteiger partial charge in [-0.3, -0.25) is 9.59 Å². The highest BCUT2D eigenvalue weighted by atomic mass is 16.6. The van der Waals surface area contributed by atoms with Gasteiger partial charge in [0.15, 0.2) is 6.10 Å². The van der Waals surface area contributed by atoms with E-state index in [0.29, 0.717) is 12.8 Å². The zero-order chi connectivity index (χ0) is 44.9. The third kappa shape index (κ3) is 48.7. The molecule has 1 atom stereocenters. The lowest BCUT2D eigenvalue weighted by Crippen LogP contribution is -2.28. The fourth-order valence-electron chi connectivity index (χ4n) is 6.29. The maximum atomic E-state index is 12.3. The monoisotopic (exact) mass is 855 g/mol. The molecule has 0 aromatic rings. The van der Waals surface area contributed by atoms with E-state index in [1.807, 2.05) is 0 Å². The van der Waals surface area contributed by atoms with Gasteiger partial charge in [0.2, 0.25) is 0 Å². The molecule has 0 heterocycles. The lowest BCUT2D eigenvalue weighted by Gasteiger charge is -2.15. The predicted octanol–water partition coefficient (Wildman–Crippen LogP) is 16.5. The molecule has 0 aliphatic carbocycles. The van der Waals surface area contributed by atoms with Crippen molar-refractivity contribution in [2.45, 2.75) is 200 Å². The van der Waals surface area contributed by atoms with Crippen LogP contribution in [-0.2, 0) is 19.1 Å². The number of carbonyl (C=O) groups excluding carboxylic acids is 2. The Balaban J connectivity index is 3.63. The van der Waals surface area contributed by atoms with Crippen LogP contribution in [-0.4, -0.2) is 36.4 Å². The van der Waals surface area contributed by atoms with Crippen LogP contribution in [0, 0.1) is 0 Å². The summed E-state index contributed by atoms with van der Waals surface area (Å²) in [6.45, 7) is 3.87. The van der Waals surface area contributed by atoms with Crippen molar-refractivity contribution in [3.05, 3.63) is 134 Å². The van der Waals surface area contributed by atoms with Crippen LogP contribution in [0.2, 0.25) is 0 Å². The molecule has 0 aliphatic rings. The molecule has 0 fully saturated rings. The maximum absolute atomic E-state index is 12.3. The van der Waals surface area contributed by atoms with Crippen molar-refractivity contribution in [2.24, 2.45) is 0 Å². The first kappa shape index (κ1) is 58.0. The van der Waals surface area contributed by atoms with Crippen molar-refractivity contribution in [3.8, 4) is 0 Å². The van der Waals surface area contributed by atoms with Gasteiger partial charge >= 0.3 is 11.9 Å². The van der Waals surface area contributed by atoms with E-state index in [0.717, 1.165) is 116 Å². The van der Waals surface area contributed by atoms with Crippen molar-refractivity contribution in [1.29, 1.82) is 0 Å². The third-order valence-corrected chi connectivity index (χ3v) is 9.94. The normalized spacial score (nSPS) is 13.4. The van der Waals surface area contributed by atoms with E-state index in [2.05, 4.69) is 148 Å². The predicted molar refractivity (Wildman–Crippen MR) is 269 cm³/mol. The molecule has 1 unspecified atom stereocenters. The van der Waals surface area contributed by atoms with Crippen molar-refractivity contribution in [1.82, 2.24) is 0 Å². The Kier molecular flexibility index (Phi) is 48.1. The van der Waals surface area contributed by atoms with E-state index in [4.69, 9.17) is 9.47 Å². The van der Waals surface area contributed by atoms with E-state index < -0.39 is 6.10 Å². The Morgan fingerprint density at radius 3 is 0.984 bits per heavy atom. The van der Waals surface area contributed by atoms with Crippen LogP contribution in [0.25, 0.3) is 0 Å². The molecule has 348 valence electrons. The van der Waals surface area contributed by atoms with Gasteiger partial charge < -0.3 is 14.6 Å². The molecular weight excluding hydrogens is 765 g/mol. The number of hydrogen-bond donors (Lipinski definition) is 1. The molecule has 0 saturated carbocycles. The van der Waals surface area contributed by atoms with E-state index >= 15 is 0 Å². The smallest absolute Gasteiger partial charge is 0.306 e. The molecule has 0 aromatic carbocycles. The number of aliphatic hydroxyl groups is 1. The average Bonchev–Trinajstić information content (AvgIpc) is 3.28. The van der Waals surface area contributed by atoms with Gasteiger partial charge in [0, 0.05) is 12.8 Å². The summed E-state index contributed by atoms with van der Waals surface area (Å²) in [6, 6.07) is 0. The molecule has 0 aliphatic heterocycles. The number of esters is 2. The zero-order valence-electron chi connectivity index (χ0n) is 39.6. The Labute approximate surface area is 381 Å². The number of carbonyl (C=O) groups is 2. The van der Waals surface area contributed by atoms with Gasteiger partial charge in [-0.05, 0) is 109 Å². The fraction of sp³-hybridized carbons (Fsp3) is 0.579. The molecule has 0 radical (unpaired) electrons. The van der Waals surface area contributed by atoms with Gasteiger partial charge in [-0.25, -0.2) is 0 Å². The van der Waals surface area contributed by atoms with Crippen molar-refractivity contribution < 1.29 is 24.2 Å². The highest BCUT2D eigenvalue weighted by Gasteiger charge is 2.16. The summed E-state index contributed by atoms with van der Waals surface area (Å²) in [6.07, 6.45) is 76.8. The van der Waals surface area contributed by atoms with Crippen molar-refractivity contribution in [2.75, 3.05) is 13.2 Å². The molecule has 1 N–H and O–H groups in total. The number of hydrogen-bond acceptors (Lipinski definition) is 5. The summed E-state index contributed by atoms with van der Waals surface area (Å²) in [5.74, 6) is -0.644. The van der Waals surface area contributed by atoms with Crippen LogP contribution in [0.15, 0.2) is 134 Å². The summed E-state index contributed by atoms with van der Waals surface area (Å²) in [5.41, 5.74) is 0. The first-order valence-electron chi connectivity index (χ1n) is 24.7. The van der Waals surface area contributed by atoms with Gasteiger partial charge in [-0.1, -0.05) is 205 Å². The van der Waals surface area contributed by atoms with E-state index in [1.165, 1.54) is 51.4 Å². The average molecular weight is 855 g/mol.